The molecule has 1 aliphatic heterocycles. The first-order valence-corrected chi connectivity index (χ1v) is 6.18. The van der Waals surface area contributed by atoms with Gasteiger partial charge in [-0.3, -0.25) is 0 Å². The lowest BCUT2D eigenvalue weighted by molar-refractivity contribution is 0.203. The Bertz CT molecular complexity index is 281. The van der Waals surface area contributed by atoms with Gasteiger partial charge < -0.3 is 4.74 Å². The van der Waals surface area contributed by atoms with Gasteiger partial charge in [-0.25, -0.2) is 8.42 Å². The van der Waals surface area contributed by atoms with E-state index in [9.17, 15) is 8.42 Å². The van der Waals surface area contributed by atoms with Crippen molar-refractivity contribution in [2.75, 3.05) is 12.4 Å². The van der Waals surface area contributed by atoms with Gasteiger partial charge in [0.15, 0.2) is 9.84 Å². The lowest BCUT2D eigenvalue weighted by Gasteiger charge is -2.25. The summed E-state index contributed by atoms with van der Waals surface area (Å²) in [5.41, 5.74) is 0. The van der Waals surface area contributed by atoms with Gasteiger partial charge in [0, 0.05) is 0 Å². The van der Waals surface area contributed by atoms with E-state index in [-0.39, 0.29) is 6.61 Å². The zero-order valence-corrected chi connectivity index (χ0v) is 8.77. The summed E-state index contributed by atoms with van der Waals surface area (Å²) in [4.78, 5) is 0. The average Bonchev–Trinajstić information content (AvgIpc) is 2.38. The van der Waals surface area contributed by atoms with E-state index in [2.05, 4.69) is 6.58 Å². The zero-order valence-electron chi connectivity index (χ0n) is 7.95. The highest BCUT2D eigenvalue weighted by Gasteiger charge is 2.46. The Morgan fingerprint density at radius 3 is 2.69 bits per heavy atom. The Balaban J connectivity index is 2.85. The van der Waals surface area contributed by atoms with Crippen LogP contribution in [-0.2, 0) is 14.6 Å². The van der Waals surface area contributed by atoms with E-state index >= 15 is 0 Å². The van der Waals surface area contributed by atoms with Crippen molar-refractivity contribution in [3.63, 3.8) is 0 Å². The molecule has 1 saturated heterocycles. The van der Waals surface area contributed by atoms with Crippen molar-refractivity contribution in [3.8, 4) is 0 Å². The molecular weight excluding hydrogens is 188 g/mol. The summed E-state index contributed by atoms with van der Waals surface area (Å²) in [5.74, 6) is 0.307. The Morgan fingerprint density at radius 1 is 1.62 bits per heavy atom. The molecule has 1 unspecified atom stereocenters. The topological polar surface area (TPSA) is 43.4 Å². The number of ether oxygens (including phenoxy) is 1. The van der Waals surface area contributed by atoms with Crippen molar-refractivity contribution in [2.45, 2.75) is 30.9 Å². The number of rotatable bonds is 4. The molecule has 0 amide bonds. The van der Waals surface area contributed by atoms with Crippen LogP contribution in [0.4, 0.5) is 0 Å². The molecule has 0 spiro atoms. The quantitative estimate of drug-likeness (QED) is 0.652. The lowest BCUT2D eigenvalue weighted by Crippen LogP contribution is -2.38. The summed E-state index contributed by atoms with van der Waals surface area (Å²) in [6.07, 6.45) is 3.42. The SMILES string of the molecule is C=COCC1(CC)CCCS1(=O)=O. The van der Waals surface area contributed by atoms with Crippen molar-refractivity contribution < 1.29 is 13.2 Å². The minimum atomic E-state index is -2.94. The highest BCUT2D eigenvalue weighted by Crippen LogP contribution is 2.35. The largest absolute Gasteiger partial charge is 0.500 e. The van der Waals surface area contributed by atoms with Gasteiger partial charge in [-0.05, 0) is 19.3 Å². The van der Waals surface area contributed by atoms with Gasteiger partial charge in [-0.15, -0.1) is 0 Å². The second kappa shape index (κ2) is 3.70. The molecule has 1 rings (SSSR count). The molecule has 0 radical (unpaired) electrons. The molecule has 0 saturated carbocycles. The molecule has 4 heteroatoms. The molecule has 1 heterocycles. The summed E-state index contributed by atoms with van der Waals surface area (Å²) < 4.78 is 27.8. The molecule has 0 aliphatic carbocycles. The predicted octanol–water partition coefficient (Wildman–Crippen LogP) is 1.50. The molecule has 1 aliphatic rings. The van der Waals surface area contributed by atoms with Gasteiger partial charge in [-0.2, -0.15) is 0 Å². The number of sulfone groups is 1. The molecule has 1 fully saturated rings. The molecule has 0 N–H and O–H groups in total. The van der Waals surface area contributed by atoms with Gasteiger partial charge >= 0.3 is 0 Å². The fourth-order valence-electron chi connectivity index (χ4n) is 1.83. The maximum Gasteiger partial charge on any atom is 0.159 e. The maximum atomic E-state index is 11.7. The molecule has 13 heavy (non-hydrogen) atoms. The normalized spacial score (nSPS) is 31.5. The standard InChI is InChI=1S/C9H16O3S/c1-3-9(8-12-4-2)6-5-7-13(9,10)11/h4H,2-3,5-8H2,1H3. The van der Waals surface area contributed by atoms with Crippen molar-refractivity contribution in [3.05, 3.63) is 12.8 Å². The zero-order chi connectivity index (χ0) is 9.95. The van der Waals surface area contributed by atoms with E-state index < -0.39 is 14.6 Å². The van der Waals surface area contributed by atoms with E-state index in [4.69, 9.17) is 4.74 Å². The molecule has 0 aromatic heterocycles. The Hall–Kier alpha value is -0.510. The smallest absolute Gasteiger partial charge is 0.159 e. The number of hydrogen-bond donors (Lipinski definition) is 0. The van der Waals surface area contributed by atoms with Crippen molar-refractivity contribution in [2.24, 2.45) is 0 Å². The summed E-state index contributed by atoms with van der Waals surface area (Å²) in [6, 6.07) is 0. The second-order valence-corrected chi connectivity index (χ2v) is 5.94. The van der Waals surface area contributed by atoms with Crippen molar-refractivity contribution in [1.82, 2.24) is 0 Å². The third-order valence-electron chi connectivity index (χ3n) is 2.81. The van der Waals surface area contributed by atoms with Crippen LogP contribution in [0.1, 0.15) is 26.2 Å². The first-order valence-electron chi connectivity index (χ1n) is 4.53. The molecular formula is C9H16O3S. The minimum Gasteiger partial charge on any atom is -0.500 e. The van der Waals surface area contributed by atoms with E-state index in [1.54, 1.807) is 0 Å². The molecule has 3 nitrogen and oxygen atoms in total. The van der Waals surface area contributed by atoms with E-state index in [1.807, 2.05) is 6.92 Å². The third kappa shape index (κ3) is 1.73. The van der Waals surface area contributed by atoms with E-state index in [1.165, 1.54) is 6.26 Å². The summed E-state index contributed by atoms with van der Waals surface area (Å²) in [7, 11) is -2.94. The minimum absolute atomic E-state index is 0.259. The van der Waals surface area contributed by atoms with Crippen LogP contribution in [0.5, 0.6) is 0 Å². The maximum absolute atomic E-state index is 11.7. The Labute approximate surface area is 79.7 Å². The highest BCUT2D eigenvalue weighted by molar-refractivity contribution is 7.93. The van der Waals surface area contributed by atoms with E-state index in [0.29, 0.717) is 12.2 Å². The molecule has 0 aromatic rings. The first kappa shape index (κ1) is 10.6. The monoisotopic (exact) mass is 204 g/mol. The molecule has 0 bridgehead atoms. The van der Waals surface area contributed by atoms with Crippen LogP contribution in [0.3, 0.4) is 0 Å². The van der Waals surface area contributed by atoms with Gasteiger partial charge in [0.2, 0.25) is 0 Å². The first-order chi connectivity index (χ1) is 6.08. The third-order valence-corrected chi connectivity index (χ3v) is 5.57. The number of hydrogen-bond acceptors (Lipinski definition) is 3. The highest BCUT2D eigenvalue weighted by atomic mass is 32.2. The van der Waals surface area contributed by atoms with Gasteiger partial charge in [0.25, 0.3) is 0 Å². The fourth-order valence-corrected chi connectivity index (χ4v) is 3.93. The van der Waals surface area contributed by atoms with Crippen LogP contribution in [0, 0.1) is 0 Å². The Kier molecular flexibility index (Phi) is 3.01. The van der Waals surface area contributed by atoms with Crippen LogP contribution < -0.4 is 0 Å². The second-order valence-electron chi connectivity index (χ2n) is 3.44. The Morgan fingerprint density at radius 2 is 2.31 bits per heavy atom. The lowest BCUT2D eigenvalue weighted by atomic mass is 10.0. The predicted molar refractivity (Wildman–Crippen MR) is 52.2 cm³/mol. The summed E-state index contributed by atoms with van der Waals surface area (Å²) in [5, 5.41) is 0. The summed E-state index contributed by atoms with van der Waals surface area (Å²) in [6.45, 7) is 5.58. The van der Waals surface area contributed by atoms with Gasteiger partial charge in [0.05, 0.1) is 12.0 Å². The van der Waals surface area contributed by atoms with Crippen LogP contribution in [-0.4, -0.2) is 25.5 Å². The van der Waals surface area contributed by atoms with Crippen LogP contribution in [0.25, 0.3) is 0 Å². The van der Waals surface area contributed by atoms with Crippen molar-refractivity contribution >= 4 is 9.84 Å². The van der Waals surface area contributed by atoms with E-state index in [0.717, 1.165) is 12.8 Å². The van der Waals surface area contributed by atoms with Crippen LogP contribution in [0.15, 0.2) is 12.8 Å². The van der Waals surface area contributed by atoms with Crippen LogP contribution >= 0.6 is 0 Å². The van der Waals surface area contributed by atoms with Crippen LogP contribution in [0.2, 0.25) is 0 Å². The molecule has 0 aromatic carbocycles. The fraction of sp³-hybridized carbons (Fsp3) is 0.778. The van der Waals surface area contributed by atoms with Crippen molar-refractivity contribution in [1.29, 1.82) is 0 Å². The average molecular weight is 204 g/mol. The van der Waals surface area contributed by atoms with Gasteiger partial charge in [0.1, 0.15) is 11.4 Å². The summed E-state index contributed by atoms with van der Waals surface area (Å²) >= 11 is 0. The van der Waals surface area contributed by atoms with Gasteiger partial charge in [-0.1, -0.05) is 13.5 Å². The molecule has 1 atom stereocenters. The molecule has 76 valence electrons.